The Balaban J connectivity index is 1.94. The van der Waals surface area contributed by atoms with Crippen LogP contribution in [0.1, 0.15) is 26.7 Å². The Morgan fingerprint density at radius 3 is 2.25 bits per heavy atom. The molecule has 0 aromatic rings. The minimum Gasteiger partial charge on any atom is -0.369 e. The van der Waals surface area contributed by atoms with Crippen molar-refractivity contribution in [3.8, 4) is 0 Å². The fraction of sp³-hybridized carbons (Fsp3) is 1.00. The average molecular weight is 169 g/mol. The summed E-state index contributed by atoms with van der Waals surface area (Å²) in [5.74, 6) is 0.871. The molecular formula is C10H19NO. The van der Waals surface area contributed by atoms with Gasteiger partial charge in [0.15, 0.2) is 0 Å². The first-order valence-corrected chi connectivity index (χ1v) is 4.99. The molecule has 1 aliphatic heterocycles. The molecule has 2 rings (SSSR count). The maximum Gasteiger partial charge on any atom is 0.0965 e. The van der Waals surface area contributed by atoms with Gasteiger partial charge in [0.2, 0.25) is 0 Å². The van der Waals surface area contributed by atoms with Gasteiger partial charge in [0.25, 0.3) is 0 Å². The molecule has 0 bridgehead atoms. The van der Waals surface area contributed by atoms with Gasteiger partial charge in [0, 0.05) is 13.1 Å². The molecule has 0 aromatic carbocycles. The maximum absolute atomic E-state index is 6.03. The second-order valence-corrected chi connectivity index (χ2v) is 4.68. The first-order valence-electron chi connectivity index (χ1n) is 4.99. The molecule has 1 saturated carbocycles. The van der Waals surface area contributed by atoms with Gasteiger partial charge in [-0.3, -0.25) is 0 Å². The van der Waals surface area contributed by atoms with E-state index in [2.05, 4.69) is 25.8 Å². The van der Waals surface area contributed by atoms with Gasteiger partial charge in [0.1, 0.15) is 0 Å². The molecule has 0 radical (unpaired) electrons. The number of hydrogen-bond acceptors (Lipinski definition) is 2. The largest absolute Gasteiger partial charge is 0.369 e. The number of nitrogens with zero attached hydrogens (tertiary/aromatic N) is 1. The predicted molar refractivity (Wildman–Crippen MR) is 49.2 cm³/mol. The first kappa shape index (κ1) is 8.52. The third-order valence-corrected chi connectivity index (χ3v) is 2.87. The van der Waals surface area contributed by atoms with Gasteiger partial charge in [-0.15, -0.1) is 0 Å². The lowest BCUT2D eigenvalue weighted by molar-refractivity contribution is -0.171. The summed E-state index contributed by atoms with van der Waals surface area (Å²) in [7, 11) is 2.17. The van der Waals surface area contributed by atoms with Gasteiger partial charge < -0.3 is 9.64 Å². The molecule has 0 N–H and O–H groups in total. The molecular weight excluding hydrogens is 150 g/mol. The third kappa shape index (κ3) is 1.38. The van der Waals surface area contributed by atoms with E-state index in [1.807, 2.05) is 0 Å². The molecule has 2 heteroatoms. The summed E-state index contributed by atoms with van der Waals surface area (Å²) in [6.07, 6.45) is 3.17. The van der Waals surface area contributed by atoms with Crippen LogP contribution in [-0.2, 0) is 4.74 Å². The summed E-state index contributed by atoms with van der Waals surface area (Å²) >= 11 is 0. The van der Waals surface area contributed by atoms with Crippen molar-refractivity contribution in [3.05, 3.63) is 0 Å². The van der Waals surface area contributed by atoms with Crippen LogP contribution in [0.2, 0.25) is 0 Å². The van der Waals surface area contributed by atoms with Crippen molar-refractivity contribution in [2.24, 2.45) is 5.92 Å². The third-order valence-electron chi connectivity index (χ3n) is 2.87. The number of rotatable bonds is 3. The lowest BCUT2D eigenvalue weighted by Gasteiger charge is -2.49. The highest BCUT2D eigenvalue weighted by molar-refractivity contribution is 5.06. The quantitative estimate of drug-likeness (QED) is 0.635. The summed E-state index contributed by atoms with van der Waals surface area (Å²) in [4.78, 5) is 2.35. The van der Waals surface area contributed by atoms with Crippen LogP contribution in [0.3, 0.4) is 0 Å². The summed E-state index contributed by atoms with van der Waals surface area (Å²) in [6.45, 7) is 6.58. The van der Waals surface area contributed by atoms with Crippen molar-refractivity contribution in [3.63, 3.8) is 0 Å². The van der Waals surface area contributed by atoms with Gasteiger partial charge in [-0.1, -0.05) is 0 Å². The fourth-order valence-corrected chi connectivity index (χ4v) is 2.38. The molecule has 2 aliphatic rings. The van der Waals surface area contributed by atoms with Crippen LogP contribution in [0, 0.1) is 5.92 Å². The van der Waals surface area contributed by atoms with Crippen molar-refractivity contribution in [2.45, 2.75) is 38.4 Å². The van der Waals surface area contributed by atoms with Crippen molar-refractivity contribution >= 4 is 0 Å². The first-order chi connectivity index (χ1) is 5.62. The fourth-order valence-electron chi connectivity index (χ4n) is 2.38. The van der Waals surface area contributed by atoms with E-state index >= 15 is 0 Å². The van der Waals surface area contributed by atoms with Crippen LogP contribution < -0.4 is 0 Å². The number of hydrogen-bond donors (Lipinski definition) is 0. The number of likely N-dealkylation sites (N-methyl/N-ethyl adjacent to an activating group) is 1. The topological polar surface area (TPSA) is 12.5 Å². The summed E-state index contributed by atoms with van der Waals surface area (Å²) in [5, 5.41) is 0. The van der Waals surface area contributed by atoms with Crippen LogP contribution in [0.25, 0.3) is 0 Å². The van der Waals surface area contributed by atoms with E-state index in [-0.39, 0.29) is 5.60 Å². The van der Waals surface area contributed by atoms with E-state index in [1.54, 1.807) is 0 Å². The van der Waals surface area contributed by atoms with Crippen LogP contribution in [0.15, 0.2) is 0 Å². The normalized spacial score (nSPS) is 29.0. The summed E-state index contributed by atoms with van der Waals surface area (Å²) in [6, 6.07) is 0. The highest BCUT2D eigenvalue weighted by Crippen LogP contribution is 2.46. The van der Waals surface area contributed by atoms with Crippen LogP contribution in [0.5, 0.6) is 0 Å². The van der Waals surface area contributed by atoms with Gasteiger partial charge in [-0.25, -0.2) is 0 Å². The molecule has 1 aliphatic carbocycles. The second-order valence-electron chi connectivity index (χ2n) is 4.68. The maximum atomic E-state index is 6.03. The van der Waals surface area contributed by atoms with Crippen LogP contribution in [0.4, 0.5) is 0 Å². The summed E-state index contributed by atoms with van der Waals surface area (Å²) < 4.78 is 6.03. The van der Waals surface area contributed by atoms with Gasteiger partial charge in [-0.05, 0) is 39.7 Å². The molecule has 0 unspecified atom stereocenters. The van der Waals surface area contributed by atoms with E-state index in [0.717, 1.165) is 19.0 Å². The Kier molecular flexibility index (Phi) is 1.92. The molecule has 1 heterocycles. The smallest absolute Gasteiger partial charge is 0.0965 e. The van der Waals surface area contributed by atoms with Crippen molar-refractivity contribution in [1.82, 2.24) is 4.90 Å². The monoisotopic (exact) mass is 169 g/mol. The van der Waals surface area contributed by atoms with Crippen LogP contribution >= 0.6 is 0 Å². The minimum absolute atomic E-state index is 0.253. The zero-order valence-electron chi connectivity index (χ0n) is 8.34. The van der Waals surface area contributed by atoms with Crippen molar-refractivity contribution < 1.29 is 4.74 Å². The number of ether oxygens (including phenoxy) is 1. The molecule has 2 nitrogen and oxygen atoms in total. The minimum atomic E-state index is 0.253. The van der Waals surface area contributed by atoms with Crippen LogP contribution in [-0.4, -0.2) is 36.7 Å². The van der Waals surface area contributed by atoms with E-state index in [0.29, 0.717) is 6.10 Å². The van der Waals surface area contributed by atoms with Crippen molar-refractivity contribution in [2.75, 3.05) is 20.1 Å². The Hall–Kier alpha value is -0.0800. The average Bonchev–Trinajstić information content (AvgIpc) is 2.62. The highest BCUT2D eigenvalue weighted by Gasteiger charge is 2.53. The SMILES string of the molecule is CC(C)OC1(C2CC2)CN(C)C1. The standard InChI is InChI=1S/C10H19NO/c1-8(2)12-10(9-4-5-9)6-11(3)7-10/h8-9H,4-7H2,1-3H3. The Labute approximate surface area is 74.9 Å². The summed E-state index contributed by atoms with van der Waals surface area (Å²) in [5.41, 5.74) is 0.253. The van der Waals surface area contributed by atoms with E-state index in [1.165, 1.54) is 12.8 Å². The molecule has 0 atom stereocenters. The lowest BCUT2D eigenvalue weighted by atomic mass is 9.88. The predicted octanol–water partition coefficient (Wildman–Crippen LogP) is 1.51. The molecule has 70 valence electrons. The van der Waals surface area contributed by atoms with E-state index in [9.17, 15) is 0 Å². The van der Waals surface area contributed by atoms with Gasteiger partial charge >= 0.3 is 0 Å². The molecule has 0 spiro atoms. The highest BCUT2D eigenvalue weighted by atomic mass is 16.5. The van der Waals surface area contributed by atoms with E-state index < -0.39 is 0 Å². The Morgan fingerprint density at radius 1 is 1.33 bits per heavy atom. The lowest BCUT2D eigenvalue weighted by Crippen LogP contribution is -2.63. The molecule has 0 amide bonds. The molecule has 2 fully saturated rings. The van der Waals surface area contributed by atoms with Gasteiger partial charge in [0.05, 0.1) is 11.7 Å². The van der Waals surface area contributed by atoms with Gasteiger partial charge in [-0.2, -0.15) is 0 Å². The Bertz CT molecular complexity index is 169. The zero-order valence-corrected chi connectivity index (χ0v) is 8.34. The molecule has 1 saturated heterocycles. The Morgan fingerprint density at radius 2 is 1.92 bits per heavy atom. The molecule has 12 heavy (non-hydrogen) atoms. The van der Waals surface area contributed by atoms with Crippen molar-refractivity contribution in [1.29, 1.82) is 0 Å². The van der Waals surface area contributed by atoms with E-state index in [4.69, 9.17) is 4.74 Å². The molecule has 0 aromatic heterocycles. The second kappa shape index (κ2) is 2.71. The zero-order chi connectivity index (χ0) is 8.77. The number of likely N-dealkylation sites (tertiary alicyclic amines) is 1.